The van der Waals surface area contributed by atoms with Crippen LogP contribution >= 0.6 is 11.3 Å². The van der Waals surface area contributed by atoms with Crippen molar-refractivity contribution in [1.29, 1.82) is 0 Å². The lowest BCUT2D eigenvalue weighted by atomic mass is 9.87. The van der Waals surface area contributed by atoms with Gasteiger partial charge in [0.25, 0.3) is 0 Å². The molecule has 0 saturated heterocycles. The van der Waals surface area contributed by atoms with E-state index in [0.29, 0.717) is 11.7 Å². The van der Waals surface area contributed by atoms with Crippen molar-refractivity contribution in [3.05, 3.63) is 11.1 Å². The lowest BCUT2D eigenvalue weighted by Gasteiger charge is -2.27. The third-order valence-electron chi connectivity index (χ3n) is 3.16. The second kappa shape index (κ2) is 5.49. The molecule has 0 spiro atoms. The third-order valence-corrected chi connectivity index (χ3v) is 3.94. The Hall–Kier alpha value is -1.10. The van der Waals surface area contributed by atoms with E-state index >= 15 is 0 Å². The molecule has 0 bridgehead atoms. The Morgan fingerprint density at radius 3 is 3.12 bits per heavy atom. The fourth-order valence-corrected chi connectivity index (χ4v) is 3.04. The van der Waals surface area contributed by atoms with Gasteiger partial charge in [0.2, 0.25) is 0 Å². The number of rotatable bonds is 3. The summed E-state index contributed by atoms with van der Waals surface area (Å²) in [5, 5.41) is 5.97. The van der Waals surface area contributed by atoms with E-state index in [1.165, 1.54) is 44.1 Å². The van der Waals surface area contributed by atoms with Gasteiger partial charge in [-0.3, -0.25) is 0 Å². The van der Waals surface area contributed by atoms with E-state index in [9.17, 15) is 4.79 Å². The summed E-state index contributed by atoms with van der Waals surface area (Å²) in [5.74, 6) is 0.410. The van der Waals surface area contributed by atoms with Gasteiger partial charge in [-0.05, 0) is 18.8 Å². The number of hydrogen-bond donors (Lipinski definition) is 1. The zero-order valence-corrected chi connectivity index (χ0v) is 11.0. The predicted molar refractivity (Wildman–Crippen MR) is 68.5 cm³/mol. The average molecular weight is 254 g/mol. The molecular weight excluding hydrogens is 236 g/mol. The molecule has 1 aliphatic carbocycles. The molecule has 1 N–H and O–H groups in total. The number of carbonyl (C=O) groups excluding carboxylic acids is 1. The highest BCUT2D eigenvalue weighted by Crippen LogP contribution is 2.27. The maximum Gasteiger partial charge on any atom is 0.357 e. The molecular formula is C12H18N2O2S. The Kier molecular flexibility index (Phi) is 3.99. The van der Waals surface area contributed by atoms with Crippen molar-refractivity contribution >= 4 is 22.4 Å². The van der Waals surface area contributed by atoms with Crippen molar-refractivity contribution in [3.8, 4) is 0 Å². The van der Waals surface area contributed by atoms with E-state index in [0.717, 1.165) is 11.0 Å². The topological polar surface area (TPSA) is 51.2 Å². The first-order valence-corrected chi connectivity index (χ1v) is 6.87. The Labute approximate surface area is 105 Å². The summed E-state index contributed by atoms with van der Waals surface area (Å²) >= 11 is 1.47. The van der Waals surface area contributed by atoms with Crippen LogP contribution in [0.5, 0.6) is 0 Å². The molecule has 2 rings (SSSR count). The maximum atomic E-state index is 11.3. The zero-order valence-electron chi connectivity index (χ0n) is 10.2. The van der Waals surface area contributed by atoms with Gasteiger partial charge in [-0.15, -0.1) is 11.3 Å². The average Bonchev–Trinajstić information content (AvgIpc) is 2.76. The first kappa shape index (κ1) is 12.4. The molecule has 1 heterocycles. The number of ether oxygens (including phenoxy) is 1. The summed E-state index contributed by atoms with van der Waals surface area (Å²) in [6.45, 7) is 2.29. The van der Waals surface area contributed by atoms with Gasteiger partial charge in [-0.1, -0.05) is 19.8 Å². The smallest absolute Gasteiger partial charge is 0.357 e. The second-order valence-corrected chi connectivity index (χ2v) is 5.50. The van der Waals surface area contributed by atoms with Gasteiger partial charge in [0.15, 0.2) is 10.8 Å². The van der Waals surface area contributed by atoms with Gasteiger partial charge in [-0.2, -0.15) is 0 Å². The molecule has 0 aliphatic heterocycles. The molecule has 0 radical (unpaired) electrons. The standard InChI is InChI=1S/C12H18N2O2S/c1-8-4-3-5-9(6-8)13-12-14-10(7-17-12)11(15)16-2/h7-9H,3-6H2,1-2H3,(H,13,14). The van der Waals surface area contributed by atoms with Gasteiger partial charge < -0.3 is 10.1 Å². The molecule has 1 aromatic rings. The lowest BCUT2D eigenvalue weighted by Crippen LogP contribution is -2.26. The summed E-state index contributed by atoms with van der Waals surface area (Å²) in [7, 11) is 1.37. The molecule has 17 heavy (non-hydrogen) atoms. The number of methoxy groups -OCH3 is 1. The van der Waals surface area contributed by atoms with Gasteiger partial charge in [0.1, 0.15) is 0 Å². The van der Waals surface area contributed by atoms with Crippen LogP contribution in [0, 0.1) is 5.92 Å². The van der Waals surface area contributed by atoms with Crippen molar-refractivity contribution in [2.24, 2.45) is 5.92 Å². The molecule has 5 heteroatoms. The van der Waals surface area contributed by atoms with Gasteiger partial charge in [-0.25, -0.2) is 9.78 Å². The highest BCUT2D eigenvalue weighted by molar-refractivity contribution is 7.13. The third kappa shape index (κ3) is 3.19. The quantitative estimate of drug-likeness (QED) is 0.843. The first-order valence-electron chi connectivity index (χ1n) is 5.99. The van der Waals surface area contributed by atoms with Crippen LogP contribution in [0.3, 0.4) is 0 Å². The fraction of sp³-hybridized carbons (Fsp3) is 0.667. The Morgan fingerprint density at radius 2 is 2.41 bits per heavy atom. The molecule has 1 aromatic heterocycles. The van der Waals surface area contributed by atoms with Crippen LogP contribution in [0.25, 0.3) is 0 Å². The Morgan fingerprint density at radius 1 is 1.59 bits per heavy atom. The van der Waals surface area contributed by atoms with Gasteiger partial charge in [0, 0.05) is 11.4 Å². The molecule has 0 aromatic carbocycles. The summed E-state index contributed by atoms with van der Waals surface area (Å²) in [6.07, 6.45) is 4.97. The minimum atomic E-state index is -0.369. The molecule has 1 fully saturated rings. The molecule has 94 valence electrons. The number of carbonyl (C=O) groups is 1. The minimum Gasteiger partial charge on any atom is -0.464 e. The van der Waals surface area contributed by atoms with Crippen LogP contribution in [-0.2, 0) is 4.74 Å². The zero-order chi connectivity index (χ0) is 12.3. The number of anilines is 1. The monoisotopic (exact) mass is 254 g/mol. The normalized spacial score (nSPS) is 24.4. The van der Waals surface area contributed by atoms with Crippen LogP contribution in [-0.4, -0.2) is 24.1 Å². The number of thiazole rings is 1. The SMILES string of the molecule is COC(=O)c1csc(NC2CCCC(C)C2)n1. The second-order valence-electron chi connectivity index (χ2n) is 4.64. The maximum absolute atomic E-state index is 11.3. The predicted octanol–water partition coefficient (Wildman–Crippen LogP) is 2.92. The Bertz CT molecular complexity index is 392. The number of esters is 1. The summed E-state index contributed by atoms with van der Waals surface area (Å²) < 4.78 is 4.63. The summed E-state index contributed by atoms with van der Waals surface area (Å²) in [6, 6.07) is 0.496. The number of hydrogen-bond acceptors (Lipinski definition) is 5. The van der Waals surface area contributed by atoms with Crippen molar-refractivity contribution in [1.82, 2.24) is 4.98 Å². The highest BCUT2D eigenvalue weighted by atomic mass is 32.1. The highest BCUT2D eigenvalue weighted by Gasteiger charge is 2.20. The molecule has 1 saturated carbocycles. The first-order chi connectivity index (χ1) is 8.19. The van der Waals surface area contributed by atoms with Crippen molar-refractivity contribution in [2.75, 3.05) is 12.4 Å². The van der Waals surface area contributed by atoms with E-state index < -0.39 is 0 Å². The van der Waals surface area contributed by atoms with E-state index in [1.807, 2.05) is 0 Å². The van der Waals surface area contributed by atoms with E-state index in [-0.39, 0.29) is 5.97 Å². The van der Waals surface area contributed by atoms with Crippen LogP contribution in [0.15, 0.2) is 5.38 Å². The lowest BCUT2D eigenvalue weighted by molar-refractivity contribution is 0.0595. The molecule has 4 nitrogen and oxygen atoms in total. The largest absolute Gasteiger partial charge is 0.464 e. The molecule has 1 aliphatic rings. The van der Waals surface area contributed by atoms with Crippen molar-refractivity contribution in [3.63, 3.8) is 0 Å². The molecule has 0 amide bonds. The number of nitrogens with one attached hydrogen (secondary N) is 1. The Balaban J connectivity index is 1.94. The minimum absolute atomic E-state index is 0.369. The van der Waals surface area contributed by atoms with E-state index in [4.69, 9.17) is 0 Å². The fourth-order valence-electron chi connectivity index (χ4n) is 2.28. The molecule has 2 atom stereocenters. The van der Waals surface area contributed by atoms with Crippen molar-refractivity contribution < 1.29 is 9.53 Å². The van der Waals surface area contributed by atoms with Crippen molar-refractivity contribution in [2.45, 2.75) is 38.6 Å². The van der Waals surface area contributed by atoms with Gasteiger partial charge in [0.05, 0.1) is 7.11 Å². The number of aromatic nitrogens is 1. The van der Waals surface area contributed by atoms with Gasteiger partial charge >= 0.3 is 5.97 Å². The van der Waals surface area contributed by atoms with E-state index in [1.54, 1.807) is 5.38 Å². The van der Waals surface area contributed by atoms with Crippen LogP contribution in [0.4, 0.5) is 5.13 Å². The van der Waals surface area contributed by atoms with Crippen LogP contribution in [0.2, 0.25) is 0 Å². The van der Waals surface area contributed by atoms with E-state index in [2.05, 4.69) is 22.0 Å². The molecule has 2 unspecified atom stereocenters. The van der Waals surface area contributed by atoms with Crippen LogP contribution in [0.1, 0.15) is 43.1 Å². The summed E-state index contributed by atoms with van der Waals surface area (Å²) in [4.78, 5) is 15.5. The number of nitrogens with zero attached hydrogens (tertiary/aromatic N) is 1. The summed E-state index contributed by atoms with van der Waals surface area (Å²) in [5.41, 5.74) is 0.392. The van der Waals surface area contributed by atoms with Crippen LogP contribution < -0.4 is 5.32 Å².